The number of halogens is 1. The minimum atomic E-state index is -0.427. The maximum atomic E-state index is 14.5. The molecule has 2 N–H and O–H groups in total. The molecule has 9 heteroatoms. The Labute approximate surface area is 202 Å². The first-order chi connectivity index (χ1) is 17.1. The van der Waals surface area contributed by atoms with Crippen molar-refractivity contribution in [2.45, 2.75) is 38.0 Å². The van der Waals surface area contributed by atoms with Crippen LogP contribution in [0.4, 0.5) is 4.39 Å². The van der Waals surface area contributed by atoms with E-state index in [-0.39, 0.29) is 30.9 Å². The Morgan fingerprint density at radius 3 is 2.74 bits per heavy atom. The average molecular weight is 475 g/mol. The van der Waals surface area contributed by atoms with E-state index >= 15 is 0 Å². The van der Waals surface area contributed by atoms with Crippen molar-refractivity contribution in [3.63, 3.8) is 0 Å². The molecule has 180 valence electrons. The van der Waals surface area contributed by atoms with Gasteiger partial charge in [0.1, 0.15) is 24.5 Å². The zero-order valence-corrected chi connectivity index (χ0v) is 19.3. The van der Waals surface area contributed by atoms with Crippen LogP contribution in [-0.2, 0) is 19.6 Å². The van der Waals surface area contributed by atoms with Gasteiger partial charge < -0.3 is 10.4 Å². The molecule has 0 spiro atoms. The molecule has 0 radical (unpaired) electrons. The van der Waals surface area contributed by atoms with Gasteiger partial charge in [0.2, 0.25) is 0 Å². The second kappa shape index (κ2) is 9.07. The van der Waals surface area contributed by atoms with Crippen LogP contribution in [0.2, 0.25) is 0 Å². The Morgan fingerprint density at radius 2 is 2.00 bits per heavy atom. The van der Waals surface area contributed by atoms with Crippen molar-refractivity contribution in [2.24, 2.45) is 4.99 Å². The van der Waals surface area contributed by atoms with Gasteiger partial charge in [0.15, 0.2) is 5.78 Å². The first-order valence-corrected chi connectivity index (χ1v) is 12.1. The van der Waals surface area contributed by atoms with E-state index in [0.29, 0.717) is 41.3 Å². The molecule has 0 saturated carbocycles. The summed E-state index contributed by atoms with van der Waals surface area (Å²) in [7, 11) is 0. The Morgan fingerprint density at radius 1 is 1.17 bits per heavy atom. The molecular weight excluding hydrogens is 447 g/mol. The summed E-state index contributed by atoms with van der Waals surface area (Å²) in [6, 6.07) is 11.1. The van der Waals surface area contributed by atoms with Crippen molar-refractivity contribution in [2.75, 3.05) is 26.2 Å². The van der Waals surface area contributed by atoms with Crippen LogP contribution in [0.25, 0.3) is 0 Å². The number of nitrogens with zero attached hydrogens (tertiary/aromatic N) is 5. The normalized spacial score (nSPS) is 21.8. The van der Waals surface area contributed by atoms with Crippen molar-refractivity contribution in [3.05, 3.63) is 82.2 Å². The summed E-state index contributed by atoms with van der Waals surface area (Å²) in [6.07, 6.45) is 2.73. The summed E-state index contributed by atoms with van der Waals surface area (Å²) in [5.41, 5.74) is 4.79. The summed E-state index contributed by atoms with van der Waals surface area (Å²) >= 11 is 0. The number of nitrogens with one attached hydrogen (secondary N) is 1. The van der Waals surface area contributed by atoms with Crippen LogP contribution in [0.15, 0.2) is 47.7 Å². The average Bonchev–Trinajstić information content (AvgIpc) is 3.21. The third-order valence-corrected chi connectivity index (χ3v) is 7.20. The second-order valence-electron chi connectivity index (χ2n) is 9.38. The highest BCUT2D eigenvalue weighted by Crippen LogP contribution is 2.40. The first-order valence-electron chi connectivity index (χ1n) is 12.1. The zero-order chi connectivity index (χ0) is 23.9. The van der Waals surface area contributed by atoms with Gasteiger partial charge in [0.25, 0.3) is 0 Å². The quantitative estimate of drug-likeness (QED) is 0.569. The molecule has 0 aliphatic carbocycles. The lowest BCUT2D eigenvalue weighted by Crippen LogP contribution is -2.36. The number of ketones is 1. The number of carbonyl (C=O) groups excluding carboxylic acids is 1. The van der Waals surface area contributed by atoms with Gasteiger partial charge >= 0.3 is 0 Å². The third-order valence-electron chi connectivity index (χ3n) is 7.20. The lowest BCUT2D eigenvalue weighted by molar-refractivity contribution is 0.0999. The number of aliphatic imine (C=N–C) groups is 1. The predicted molar refractivity (Wildman–Crippen MR) is 128 cm³/mol. The maximum Gasteiger partial charge on any atom is 0.184 e. The van der Waals surface area contributed by atoms with Crippen molar-refractivity contribution in [1.82, 2.24) is 25.0 Å². The van der Waals surface area contributed by atoms with Gasteiger partial charge in [-0.3, -0.25) is 14.7 Å². The fourth-order valence-corrected chi connectivity index (χ4v) is 5.39. The molecule has 0 bridgehead atoms. The number of aliphatic hydroxyl groups is 1. The molecule has 6 rings (SSSR count). The Balaban J connectivity index is 1.46. The summed E-state index contributed by atoms with van der Waals surface area (Å²) in [4.78, 5) is 24.4. The predicted octanol–water partition coefficient (Wildman–Crippen LogP) is 2.23. The smallest absolute Gasteiger partial charge is 0.184 e. The molecule has 35 heavy (non-hydrogen) atoms. The summed E-state index contributed by atoms with van der Waals surface area (Å²) in [5, 5.41) is 17.5. The minimum absolute atomic E-state index is 0.0304. The zero-order valence-electron chi connectivity index (χ0n) is 19.3. The lowest BCUT2D eigenvalue weighted by atomic mass is 9.81. The lowest BCUT2D eigenvalue weighted by Gasteiger charge is -2.31. The number of hydrogen-bond donors (Lipinski definition) is 2. The van der Waals surface area contributed by atoms with Gasteiger partial charge in [-0.1, -0.05) is 24.3 Å². The van der Waals surface area contributed by atoms with E-state index in [2.05, 4.69) is 44.6 Å². The molecule has 3 aliphatic heterocycles. The van der Waals surface area contributed by atoms with E-state index in [1.807, 2.05) is 0 Å². The van der Waals surface area contributed by atoms with E-state index in [0.717, 1.165) is 25.2 Å². The number of hydrogen-bond acceptors (Lipinski definition) is 7. The van der Waals surface area contributed by atoms with Crippen LogP contribution >= 0.6 is 0 Å². The molecular formula is C26H27FN6O2. The molecule has 2 atom stereocenters. The molecule has 3 aromatic rings. The van der Waals surface area contributed by atoms with E-state index in [4.69, 9.17) is 4.99 Å². The number of rotatable bonds is 6. The monoisotopic (exact) mass is 474 g/mol. The Bertz CT molecular complexity index is 1300. The van der Waals surface area contributed by atoms with Crippen LogP contribution in [0.1, 0.15) is 56.8 Å². The third kappa shape index (κ3) is 3.99. The fraction of sp³-hybridized carbons (Fsp3) is 0.385. The Kier molecular flexibility index (Phi) is 5.75. The summed E-state index contributed by atoms with van der Waals surface area (Å²) in [5.74, 6) is -0.334. The maximum absolute atomic E-state index is 14.5. The van der Waals surface area contributed by atoms with Crippen molar-refractivity contribution in [1.29, 1.82) is 0 Å². The second-order valence-corrected chi connectivity index (χ2v) is 9.38. The van der Waals surface area contributed by atoms with Gasteiger partial charge in [-0.2, -0.15) is 5.10 Å². The van der Waals surface area contributed by atoms with Crippen LogP contribution in [-0.4, -0.2) is 62.5 Å². The van der Waals surface area contributed by atoms with E-state index in [9.17, 15) is 14.3 Å². The molecule has 8 nitrogen and oxygen atoms in total. The summed E-state index contributed by atoms with van der Waals surface area (Å²) in [6.45, 7) is 3.80. The highest BCUT2D eigenvalue weighted by molar-refractivity contribution is 6.18. The van der Waals surface area contributed by atoms with Crippen LogP contribution in [0.5, 0.6) is 0 Å². The number of aromatic nitrogens is 3. The number of aliphatic hydroxyl groups excluding tert-OH is 1. The van der Waals surface area contributed by atoms with Crippen molar-refractivity contribution >= 4 is 11.5 Å². The summed E-state index contributed by atoms with van der Waals surface area (Å²) < 4.78 is 16.1. The largest absolute Gasteiger partial charge is 0.394 e. The standard InChI is InChI=1S/C26H27FN6O2/c27-19-10-18-12-28-24(17-4-2-16(3-5-17)14-32-6-1-7-32)23(26-30-15-31-33(26)8-9-34)25-22(18)20(11-19)21(35)13-29-25/h2-5,10-11,15,23-24,28,34H,1,6-9,12-14H2. The molecule has 3 aliphatic rings. The van der Waals surface area contributed by atoms with Gasteiger partial charge in [-0.05, 0) is 48.3 Å². The molecule has 2 aromatic carbocycles. The van der Waals surface area contributed by atoms with Gasteiger partial charge in [0, 0.05) is 30.3 Å². The van der Waals surface area contributed by atoms with E-state index in [1.165, 1.54) is 30.4 Å². The minimum Gasteiger partial charge on any atom is -0.394 e. The molecule has 1 aromatic heterocycles. The van der Waals surface area contributed by atoms with Crippen molar-refractivity contribution in [3.8, 4) is 0 Å². The number of likely N-dealkylation sites (tertiary alicyclic amines) is 1. The molecule has 4 heterocycles. The van der Waals surface area contributed by atoms with Crippen LogP contribution < -0.4 is 5.32 Å². The van der Waals surface area contributed by atoms with E-state index in [1.54, 1.807) is 4.68 Å². The van der Waals surface area contributed by atoms with Gasteiger partial charge in [0.05, 0.1) is 24.8 Å². The fourth-order valence-electron chi connectivity index (χ4n) is 5.39. The number of benzene rings is 2. The molecule has 1 saturated heterocycles. The van der Waals surface area contributed by atoms with Gasteiger partial charge in [-0.25, -0.2) is 14.1 Å². The highest BCUT2D eigenvalue weighted by Gasteiger charge is 2.40. The van der Waals surface area contributed by atoms with E-state index < -0.39 is 5.82 Å². The first kappa shape index (κ1) is 22.2. The number of Topliss-reactive ketones (excluding diaryl/α,β-unsaturated/α-hetero) is 1. The van der Waals surface area contributed by atoms with Gasteiger partial charge in [-0.15, -0.1) is 0 Å². The van der Waals surface area contributed by atoms with Crippen LogP contribution in [0, 0.1) is 5.82 Å². The van der Waals surface area contributed by atoms with Crippen LogP contribution in [0.3, 0.4) is 0 Å². The topological polar surface area (TPSA) is 95.6 Å². The SMILES string of the molecule is O=C1CN=C2c3c(cc(F)cc31)CNC(c1ccc(CN3CCC3)cc1)C2c1ncnn1CCO. The molecule has 0 amide bonds. The Hall–Kier alpha value is -3.27. The highest BCUT2D eigenvalue weighted by atomic mass is 19.1. The molecule has 2 unspecified atom stereocenters. The number of carbonyl (C=O) groups is 1. The molecule has 1 fully saturated rings. The van der Waals surface area contributed by atoms with Crippen molar-refractivity contribution < 1.29 is 14.3 Å².